The summed E-state index contributed by atoms with van der Waals surface area (Å²) >= 11 is 0. The summed E-state index contributed by atoms with van der Waals surface area (Å²) in [5, 5.41) is 0. The van der Waals surface area contributed by atoms with E-state index in [1.807, 2.05) is 0 Å². The van der Waals surface area contributed by atoms with Crippen LogP contribution in [-0.2, 0) is 28.6 Å². The van der Waals surface area contributed by atoms with Crippen molar-refractivity contribution >= 4 is 17.9 Å². The monoisotopic (exact) mass is 891 g/mol. The summed E-state index contributed by atoms with van der Waals surface area (Å²) < 4.78 is 16.9. The molecular weight excluding hydrogens is 781 g/mol. The quantitative estimate of drug-likeness (QED) is 0.0344. The molecule has 0 aliphatic rings. The standard InChI is InChI=1S/C57H110O6/c1-7-53(6)45-39-33-27-23-24-30-36-42-48-57(60)63-54(50-62-56(59)47-41-35-29-22-18-14-10-12-16-20-26-32-38-44-52(4)5)49-61-55(58)46-40-34-28-21-17-13-9-8-11-15-19-25-31-37-43-51(2)3/h51-54H,7-50H2,1-6H3/t53?,54-/m1/s1. The SMILES string of the molecule is CCC(C)CCCCCCCCCCC(=O)O[C@H](COC(=O)CCCCCCCCCCCCCCCCC(C)C)COC(=O)CCCCCCCCCCCCCCCC(C)C. The molecular formula is C57H110O6. The third-order valence-electron chi connectivity index (χ3n) is 13.3. The molecule has 0 aromatic carbocycles. The van der Waals surface area contributed by atoms with E-state index in [0.29, 0.717) is 19.3 Å². The Morgan fingerprint density at radius 3 is 0.825 bits per heavy atom. The molecule has 0 aliphatic carbocycles. The zero-order valence-electron chi connectivity index (χ0n) is 43.4. The molecule has 0 fully saturated rings. The highest BCUT2D eigenvalue weighted by Gasteiger charge is 2.19. The molecule has 2 atom stereocenters. The minimum Gasteiger partial charge on any atom is -0.462 e. The number of hydrogen-bond donors (Lipinski definition) is 0. The van der Waals surface area contributed by atoms with Crippen molar-refractivity contribution in [3.63, 3.8) is 0 Å². The highest BCUT2D eigenvalue weighted by atomic mass is 16.6. The minimum absolute atomic E-state index is 0.0642. The maximum Gasteiger partial charge on any atom is 0.306 e. The van der Waals surface area contributed by atoms with Gasteiger partial charge in [0.15, 0.2) is 6.10 Å². The molecule has 0 bridgehead atoms. The summed E-state index contributed by atoms with van der Waals surface area (Å²) in [6.45, 7) is 13.8. The van der Waals surface area contributed by atoms with E-state index in [2.05, 4.69) is 41.5 Å². The molecule has 1 unspecified atom stereocenters. The number of rotatable bonds is 50. The predicted octanol–water partition coefficient (Wildman–Crippen LogP) is 18.3. The molecule has 0 aliphatic heterocycles. The second kappa shape index (κ2) is 48.3. The summed E-state index contributed by atoms with van der Waals surface area (Å²) in [4.78, 5) is 38.1. The fraction of sp³-hybridized carbons (Fsp3) is 0.947. The highest BCUT2D eigenvalue weighted by molar-refractivity contribution is 5.71. The molecule has 63 heavy (non-hydrogen) atoms. The first-order valence-corrected chi connectivity index (χ1v) is 28.1. The van der Waals surface area contributed by atoms with Gasteiger partial charge in [0.05, 0.1) is 0 Å². The van der Waals surface area contributed by atoms with Gasteiger partial charge in [-0.3, -0.25) is 14.4 Å². The Kier molecular flexibility index (Phi) is 47.1. The van der Waals surface area contributed by atoms with Crippen LogP contribution in [0.15, 0.2) is 0 Å². The van der Waals surface area contributed by atoms with Gasteiger partial charge in [-0.1, -0.05) is 273 Å². The molecule has 0 amide bonds. The fourth-order valence-corrected chi connectivity index (χ4v) is 8.61. The van der Waals surface area contributed by atoms with Crippen molar-refractivity contribution in [3.05, 3.63) is 0 Å². The lowest BCUT2D eigenvalue weighted by atomic mass is 9.99. The Hall–Kier alpha value is -1.59. The third-order valence-corrected chi connectivity index (χ3v) is 13.3. The molecule has 0 aromatic heterocycles. The Morgan fingerprint density at radius 1 is 0.317 bits per heavy atom. The molecule has 0 aromatic rings. The van der Waals surface area contributed by atoms with Crippen molar-refractivity contribution < 1.29 is 28.6 Å². The van der Waals surface area contributed by atoms with Gasteiger partial charge < -0.3 is 14.2 Å². The zero-order chi connectivity index (χ0) is 46.3. The van der Waals surface area contributed by atoms with Crippen molar-refractivity contribution in [2.24, 2.45) is 17.8 Å². The number of esters is 3. The van der Waals surface area contributed by atoms with E-state index in [1.165, 1.54) is 193 Å². The van der Waals surface area contributed by atoms with Gasteiger partial charge in [0.25, 0.3) is 0 Å². The fourth-order valence-electron chi connectivity index (χ4n) is 8.61. The van der Waals surface area contributed by atoms with E-state index in [1.54, 1.807) is 0 Å². The second-order valence-corrected chi connectivity index (χ2v) is 20.8. The van der Waals surface area contributed by atoms with Crippen LogP contribution in [0, 0.1) is 17.8 Å². The summed E-state index contributed by atoms with van der Waals surface area (Å²) in [5.41, 5.74) is 0. The van der Waals surface area contributed by atoms with Crippen LogP contribution >= 0.6 is 0 Å². The van der Waals surface area contributed by atoms with Gasteiger partial charge in [-0.15, -0.1) is 0 Å². The van der Waals surface area contributed by atoms with Crippen LogP contribution in [0.25, 0.3) is 0 Å². The van der Waals surface area contributed by atoms with Crippen LogP contribution in [-0.4, -0.2) is 37.2 Å². The van der Waals surface area contributed by atoms with Gasteiger partial charge in [-0.25, -0.2) is 0 Å². The topological polar surface area (TPSA) is 78.9 Å². The van der Waals surface area contributed by atoms with Crippen molar-refractivity contribution in [3.8, 4) is 0 Å². The van der Waals surface area contributed by atoms with Crippen LogP contribution in [0.4, 0.5) is 0 Å². The maximum absolute atomic E-state index is 12.8. The lowest BCUT2D eigenvalue weighted by molar-refractivity contribution is -0.167. The van der Waals surface area contributed by atoms with Gasteiger partial charge >= 0.3 is 17.9 Å². The molecule has 0 saturated heterocycles. The van der Waals surface area contributed by atoms with E-state index in [0.717, 1.165) is 75.5 Å². The lowest BCUT2D eigenvalue weighted by Crippen LogP contribution is -2.30. The van der Waals surface area contributed by atoms with E-state index >= 15 is 0 Å². The van der Waals surface area contributed by atoms with Crippen molar-refractivity contribution in [1.82, 2.24) is 0 Å². The van der Waals surface area contributed by atoms with Crippen LogP contribution < -0.4 is 0 Å². The van der Waals surface area contributed by atoms with E-state index in [4.69, 9.17) is 14.2 Å². The largest absolute Gasteiger partial charge is 0.462 e. The molecule has 0 N–H and O–H groups in total. The van der Waals surface area contributed by atoms with Gasteiger partial charge in [0, 0.05) is 19.3 Å². The third kappa shape index (κ3) is 49.7. The molecule has 6 nitrogen and oxygen atoms in total. The molecule has 374 valence electrons. The second-order valence-electron chi connectivity index (χ2n) is 20.8. The van der Waals surface area contributed by atoms with Crippen molar-refractivity contribution in [1.29, 1.82) is 0 Å². The first-order valence-electron chi connectivity index (χ1n) is 28.1. The first-order chi connectivity index (χ1) is 30.6. The Labute approximate surface area is 393 Å². The summed E-state index contributed by atoms with van der Waals surface area (Å²) in [7, 11) is 0. The summed E-state index contributed by atoms with van der Waals surface area (Å²) in [5.74, 6) is 1.68. The van der Waals surface area contributed by atoms with Gasteiger partial charge in [0.1, 0.15) is 13.2 Å². The Morgan fingerprint density at radius 2 is 0.556 bits per heavy atom. The number of hydrogen-bond acceptors (Lipinski definition) is 6. The zero-order valence-corrected chi connectivity index (χ0v) is 43.4. The maximum atomic E-state index is 12.8. The summed E-state index contributed by atoms with van der Waals surface area (Å²) in [6.07, 6.45) is 49.4. The minimum atomic E-state index is -0.764. The number of carbonyl (C=O) groups excluding carboxylic acids is 3. The molecule has 6 heteroatoms. The summed E-state index contributed by atoms with van der Waals surface area (Å²) in [6, 6.07) is 0. The van der Waals surface area contributed by atoms with E-state index in [9.17, 15) is 14.4 Å². The van der Waals surface area contributed by atoms with Crippen LogP contribution in [0.2, 0.25) is 0 Å². The first kappa shape index (κ1) is 61.4. The smallest absolute Gasteiger partial charge is 0.306 e. The predicted molar refractivity (Wildman–Crippen MR) is 270 cm³/mol. The average Bonchev–Trinajstić information content (AvgIpc) is 3.25. The lowest BCUT2D eigenvalue weighted by Gasteiger charge is -2.18. The van der Waals surface area contributed by atoms with Crippen molar-refractivity contribution in [2.75, 3.05) is 13.2 Å². The molecule has 0 saturated carbocycles. The van der Waals surface area contributed by atoms with Crippen LogP contribution in [0.5, 0.6) is 0 Å². The highest BCUT2D eigenvalue weighted by Crippen LogP contribution is 2.18. The van der Waals surface area contributed by atoms with Crippen LogP contribution in [0.3, 0.4) is 0 Å². The molecule has 0 heterocycles. The normalized spacial score (nSPS) is 12.6. The Balaban J connectivity index is 4.29. The van der Waals surface area contributed by atoms with Gasteiger partial charge in [-0.2, -0.15) is 0 Å². The molecule has 0 radical (unpaired) electrons. The Bertz CT molecular complexity index is 978. The van der Waals surface area contributed by atoms with E-state index < -0.39 is 6.10 Å². The number of unbranched alkanes of at least 4 members (excludes halogenated alkanes) is 32. The molecule has 0 spiro atoms. The molecule has 0 rings (SSSR count). The van der Waals surface area contributed by atoms with Crippen LogP contribution in [0.1, 0.15) is 311 Å². The van der Waals surface area contributed by atoms with Gasteiger partial charge in [0.2, 0.25) is 0 Å². The number of carbonyl (C=O) groups is 3. The number of ether oxygens (including phenoxy) is 3. The average molecular weight is 892 g/mol. The van der Waals surface area contributed by atoms with E-state index in [-0.39, 0.29) is 31.1 Å². The van der Waals surface area contributed by atoms with Crippen molar-refractivity contribution in [2.45, 2.75) is 317 Å². The van der Waals surface area contributed by atoms with Gasteiger partial charge in [-0.05, 0) is 37.0 Å².